The highest BCUT2D eigenvalue weighted by molar-refractivity contribution is 7.92. The van der Waals surface area contributed by atoms with Crippen LogP contribution in [-0.2, 0) is 9.84 Å². The van der Waals surface area contributed by atoms with Gasteiger partial charge in [-0.1, -0.05) is 13.8 Å². The summed E-state index contributed by atoms with van der Waals surface area (Å²) in [6, 6.07) is 7.38. The molecule has 7 rings (SSSR count). The second kappa shape index (κ2) is 8.11. The predicted molar refractivity (Wildman–Crippen MR) is 145 cm³/mol. The molecule has 0 radical (unpaired) electrons. The molecule has 1 aromatic carbocycles. The molecule has 4 aromatic rings. The minimum Gasteiger partial charge on any atom is -0.299 e. The van der Waals surface area contributed by atoms with Gasteiger partial charge < -0.3 is 0 Å². The molecule has 1 spiro atoms. The van der Waals surface area contributed by atoms with E-state index < -0.39 is 9.84 Å². The second-order valence-electron chi connectivity index (χ2n) is 12.1. The van der Waals surface area contributed by atoms with E-state index in [1.165, 1.54) is 35.0 Å². The highest BCUT2D eigenvalue weighted by atomic mass is 32.2. The van der Waals surface area contributed by atoms with Gasteiger partial charge in [-0.05, 0) is 73.4 Å². The van der Waals surface area contributed by atoms with Crippen LogP contribution in [0.5, 0.6) is 0 Å². The minimum absolute atomic E-state index is 0.0806. The van der Waals surface area contributed by atoms with E-state index in [4.69, 9.17) is 5.10 Å². The molecule has 3 fully saturated rings. The van der Waals surface area contributed by atoms with Crippen LogP contribution in [0.2, 0.25) is 0 Å². The summed E-state index contributed by atoms with van der Waals surface area (Å²) in [6.07, 6.45) is 8.29. The maximum atomic E-state index is 11.6. The predicted octanol–water partition coefficient (Wildman–Crippen LogP) is 4.46. The normalized spacial score (nSPS) is 25.1. The molecule has 5 heterocycles. The van der Waals surface area contributed by atoms with E-state index in [0.717, 1.165) is 48.2 Å². The molecule has 0 bridgehead atoms. The number of hydrogen-bond donors (Lipinski definition) is 1. The summed E-state index contributed by atoms with van der Waals surface area (Å²) < 4.78 is 25.2. The maximum absolute atomic E-state index is 11.6. The summed E-state index contributed by atoms with van der Waals surface area (Å²) in [5.41, 5.74) is 8.03. The summed E-state index contributed by atoms with van der Waals surface area (Å²) in [7, 11) is -2.75. The van der Waals surface area contributed by atoms with Gasteiger partial charge in [0, 0.05) is 53.3 Å². The van der Waals surface area contributed by atoms with E-state index in [-0.39, 0.29) is 5.41 Å². The monoisotopic (exact) mass is 518 g/mol. The van der Waals surface area contributed by atoms with Crippen LogP contribution in [0.25, 0.3) is 27.7 Å². The molecular weight excluding hydrogens is 484 g/mol. The number of nitrogens with one attached hydrogen (secondary N) is 1. The lowest BCUT2D eigenvalue weighted by molar-refractivity contribution is -0.0238. The zero-order chi connectivity index (χ0) is 25.5. The third kappa shape index (κ3) is 3.81. The van der Waals surface area contributed by atoms with Crippen LogP contribution < -0.4 is 0 Å². The number of benzene rings is 1. The Morgan fingerprint density at radius 3 is 2.54 bits per heavy atom. The summed E-state index contributed by atoms with van der Waals surface area (Å²) in [5, 5.41) is 13.8. The smallest absolute Gasteiger partial charge is 0.158 e. The molecule has 2 saturated heterocycles. The van der Waals surface area contributed by atoms with Gasteiger partial charge in [-0.15, -0.1) is 0 Å². The molecule has 2 aliphatic heterocycles. The Labute approximate surface area is 217 Å². The molecular formula is C28H34N6O2S. The topological polar surface area (TPSA) is 96.2 Å². The third-order valence-electron chi connectivity index (χ3n) is 9.00. The van der Waals surface area contributed by atoms with Crippen molar-refractivity contribution in [3.63, 3.8) is 0 Å². The lowest BCUT2D eigenvalue weighted by atomic mass is 9.77. The Balaban J connectivity index is 1.13. The number of nitrogens with zero attached hydrogens (tertiary/aromatic N) is 5. The largest absolute Gasteiger partial charge is 0.299 e. The first kappa shape index (κ1) is 23.3. The summed E-state index contributed by atoms with van der Waals surface area (Å²) in [6.45, 7) is 8.52. The molecule has 9 heteroatoms. The van der Waals surface area contributed by atoms with E-state index in [0.29, 0.717) is 29.4 Å². The first-order valence-corrected chi connectivity index (χ1v) is 15.3. The average molecular weight is 519 g/mol. The molecule has 0 unspecified atom stereocenters. The SMILES string of the molecule is Cc1cc(-c2cc3n[nH]c(C4CCC(N5CC6(C5)CS(=O)(=O)C6)CC4)c3cc2C(C)C)cn2ncnc12. The van der Waals surface area contributed by atoms with Gasteiger partial charge in [0.25, 0.3) is 0 Å². The highest BCUT2D eigenvalue weighted by Crippen LogP contribution is 2.46. The first-order chi connectivity index (χ1) is 17.7. The maximum Gasteiger partial charge on any atom is 0.158 e. The number of fused-ring (bicyclic) bond motifs is 2. The Hall–Kier alpha value is -2.78. The van der Waals surface area contributed by atoms with Gasteiger partial charge in [-0.25, -0.2) is 17.9 Å². The van der Waals surface area contributed by atoms with Crippen molar-refractivity contribution in [1.82, 2.24) is 29.7 Å². The molecule has 1 N–H and O–H groups in total. The van der Waals surface area contributed by atoms with Crippen LogP contribution >= 0.6 is 0 Å². The molecule has 3 aromatic heterocycles. The minimum atomic E-state index is -2.75. The van der Waals surface area contributed by atoms with Crippen molar-refractivity contribution in [3.8, 4) is 11.1 Å². The Bertz CT molecular complexity index is 1610. The van der Waals surface area contributed by atoms with Gasteiger partial charge in [0.05, 0.1) is 17.0 Å². The number of hydrogen-bond acceptors (Lipinski definition) is 6. The molecule has 1 aliphatic carbocycles. The fourth-order valence-electron chi connectivity index (χ4n) is 7.25. The Morgan fingerprint density at radius 2 is 1.84 bits per heavy atom. The number of aromatic amines is 1. The quantitative estimate of drug-likeness (QED) is 0.429. The fourth-order valence-corrected chi connectivity index (χ4v) is 9.40. The van der Waals surface area contributed by atoms with Crippen molar-refractivity contribution in [1.29, 1.82) is 0 Å². The second-order valence-corrected chi connectivity index (χ2v) is 14.2. The Kier molecular flexibility index (Phi) is 5.12. The van der Waals surface area contributed by atoms with Crippen molar-refractivity contribution in [2.24, 2.45) is 5.41 Å². The number of sulfone groups is 1. The molecule has 0 amide bonds. The van der Waals surface area contributed by atoms with E-state index in [9.17, 15) is 8.42 Å². The van der Waals surface area contributed by atoms with Crippen molar-refractivity contribution in [2.75, 3.05) is 24.6 Å². The van der Waals surface area contributed by atoms with Crippen LogP contribution in [0.3, 0.4) is 0 Å². The lowest BCUT2D eigenvalue weighted by Crippen LogP contribution is -2.70. The highest BCUT2D eigenvalue weighted by Gasteiger charge is 2.56. The van der Waals surface area contributed by atoms with Crippen LogP contribution in [0.1, 0.15) is 68.2 Å². The van der Waals surface area contributed by atoms with Gasteiger partial charge in [-0.3, -0.25) is 10.00 Å². The number of likely N-dealkylation sites (tertiary alicyclic amines) is 1. The van der Waals surface area contributed by atoms with Crippen molar-refractivity contribution in [2.45, 2.75) is 64.3 Å². The Morgan fingerprint density at radius 1 is 1.08 bits per heavy atom. The van der Waals surface area contributed by atoms with E-state index in [1.807, 2.05) is 4.52 Å². The van der Waals surface area contributed by atoms with Crippen molar-refractivity contribution >= 4 is 26.4 Å². The summed E-state index contributed by atoms with van der Waals surface area (Å²) in [4.78, 5) is 6.90. The first-order valence-electron chi connectivity index (χ1n) is 13.5. The number of aryl methyl sites for hydroxylation is 1. The number of H-pyrrole nitrogens is 1. The number of aromatic nitrogens is 5. The lowest BCUT2D eigenvalue weighted by Gasteiger charge is -2.58. The van der Waals surface area contributed by atoms with Crippen molar-refractivity contribution < 1.29 is 8.42 Å². The molecule has 194 valence electrons. The van der Waals surface area contributed by atoms with Gasteiger partial charge in [-0.2, -0.15) is 10.2 Å². The standard InChI is InChI=1S/C28H34N6O2S/c1-17(2)22-9-24-25(10-23(22)20-8-18(3)27-29-16-30-34(27)11-20)31-32-26(24)19-4-6-21(7-5-19)33-12-28(13-33)14-37(35,36)15-28/h8-11,16-17,19,21H,4-7,12-15H2,1-3H3,(H,31,32). The molecule has 37 heavy (non-hydrogen) atoms. The molecule has 8 nitrogen and oxygen atoms in total. The van der Waals surface area contributed by atoms with Crippen molar-refractivity contribution in [3.05, 3.63) is 47.5 Å². The zero-order valence-corrected chi connectivity index (χ0v) is 22.6. The van der Waals surface area contributed by atoms with Crippen LogP contribution in [0.15, 0.2) is 30.7 Å². The molecule has 1 saturated carbocycles. The van der Waals surface area contributed by atoms with E-state index in [2.05, 4.69) is 65.2 Å². The summed E-state index contributed by atoms with van der Waals surface area (Å²) >= 11 is 0. The molecule has 3 aliphatic rings. The van der Waals surface area contributed by atoms with E-state index >= 15 is 0 Å². The number of rotatable bonds is 4. The average Bonchev–Trinajstić information content (AvgIpc) is 3.47. The third-order valence-corrected chi connectivity index (χ3v) is 11.1. The zero-order valence-electron chi connectivity index (χ0n) is 21.7. The fraction of sp³-hybridized carbons (Fsp3) is 0.536. The number of pyridine rings is 1. The van der Waals surface area contributed by atoms with E-state index in [1.54, 1.807) is 6.33 Å². The van der Waals surface area contributed by atoms with Crippen LogP contribution in [-0.4, -0.2) is 68.8 Å². The van der Waals surface area contributed by atoms with Gasteiger partial charge >= 0.3 is 0 Å². The summed E-state index contributed by atoms with van der Waals surface area (Å²) in [5.74, 6) is 1.66. The molecule has 0 atom stereocenters. The van der Waals surface area contributed by atoms with Gasteiger partial charge in [0.15, 0.2) is 15.5 Å². The van der Waals surface area contributed by atoms with Gasteiger partial charge in [0.2, 0.25) is 0 Å². The van der Waals surface area contributed by atoms with Crippen LogP contribution in [0, 0.1) is 12.3 Å². The van der Waals surface area contributed by atoms with Gasteiger partial charge in [0.1, 0.15) is 6.33 Å². The van der Waals surface area contributed by atoms with Crippen LogP contribution in [0.4, 0.5) is 0 Å².